The molecule has 5 heteroatoms. The Balaban J connectivity index is 2.08. The van der Waals surface area contributed by atoms with E-state index in [1.807, 2.05) is 6.92 Å². The van der Waals surface area contributed by atoms with E-state index < -0.39 is 0 Å². The fourth-order valence-corrected chi connectivity index (χ4v) is 3.46. The van der Waals surface area contributed by atoms with Crippen LogP contribution in [0, 0.1) is 13.8 Å². The molecule has 2 aromatic rings. The van der Waals surface area contributed by atoms with Gasteiger partial charge < -0.3 is 5.32 Å². The molecule has 1 aliphatic heterocycles. The first-order valence-corrected chi connectivity index (χ1v) is 7.23. The van der Waals surface area contributed by atoms with Gasteiger partial charge in [0.05, 0.1) is 11.0 Å². The van der Waals surface area contributed by atoms with Gasteiger partial charge in [0.1, 0.15) is 0 Å². The molecule has 0 radical (unpaired) electrons. The Morgan fingerprint density at radius 2 is 2.00 bits per heavy atom. The highest BCUT2D eigenvalue weighted by molar-refractivity contribution is 8.00. The molecule has 1 aromatic heterocycles. The summed E-state index contributed by atoms with van der Waals surface area (Å²) >= 11 is 1.64. The maximum absolute atomic E-state index is 11.7. The SMILES string of the molecule is Cc1ccc([C@H]2SCC(=O)Nc3n[nH]c(C)c32)cc1. The largest absolute Gasteiger partial charge is 0.308 e. The number of aromatic nitrogens is 2. The smallest absolute Gasteiger partial charge is 0.235 e. The lowest BCUT2D eigenvalue weighted by atomic mass is 10.0. The first-order valence-electron chi connectivity index (χ1n) is 6.18. The zero-order chi connectivity index (χ0) is 13.4. The zero-order valence-electron chi connectivity index (χ0n) is 10.9. The quantitative estimate of drug-likeness (QED) is 0.840. The summed E-state index contributed by atoms with van der Waals surface area (Å²) < 4.78 is 0. The van der Waals surface area contributed by atoms with Crippen molar-refractivity contribution in [2.24, 2.45) is 0 Å². The van der Waals surface area contributed by atoms with E-state index in [0.29, 0.717) is 11.6 Å². The molecule has 0 aliphatic carbocycles. The molecule has 2 heterocycles. The molecule has 1 amide bonds. The molecule has 1 atom stereocenters. The third kappa shape index (κ3) is 2.26. The van der Waals surface area contributed by atoms with Crippen molar-refractivity contribution in [3.05, 3.63) is 46.6 Å². The summed E-state index contributed by atoms with van der Waals surface area (Å²) in [6.07, 6.45) is 0. The number of aromatic amines is 1. The lowest BCUT2D eigenvalue weighted by molar-refractivity contribution is -0.113. The molecule has 1 aromatic carbocycles. The van der Waals surface area contributed by atoms with Crippen LogP contribution in [0.4, 0.5) is 5.82 Å². The Morgan fingerprint density at radius 3 is 2.74 bits per heavy atom. The van der Waals surface area contributed by atoms with Crippen molar-refractivity contribution in [3.63, 3.8) is 0 Å². The minimum Gasteiger partial charge on any atom is -0.308 e. The monoisotopic (exact) mass is 273 g/mol. The lowest BCUT2D eigenvalue weighted by Crippen LogP contribution is -2.12. The number of nitrogens with zero attached hydrogens (tertiary/aromatic N) is 1. The minimum absolute atomic E-state index is 0.00682. The number of aryl methyl sites for hydroxylation is 2. The summed E-state index contributed by atoms with van der Waals surface area (Å²) in [5.41, 5.74) is 4.54. The van der Waals surface area contributed by atoms with E-state index in [0.717, 1.165) is 11.3 Å². The van der Waals surface area contributed by atoms with Crippen LogP contribution in [0.2, 0.25) is 0 Å². The highest BCUT2D eigenvalue weighted by Crippen LogP contribution is 2.42. The van der Waals surface area contributed by atoms with Crippen LogP contribution in [-0.4, -0.2) is 21.9 Å². The lowest BCUT2D eigenvalue weighted by Gasteiger charge is -2.15. The van der Waals surface area contributed by atoms with Crippen LogP contribution < -0.4 is 5.32 Å². The van der Waals surface area contributed by atoms with Crippen molar-refractivity contribution in [2.45, 2.75) is 19.1 Å². The fourth-order valence-electron chi connectivity index (χ4n) is 2.27. The third-order valence-electron chi connectivity index (χ3n) is 3.28. The Morgan fingerprint density at radius 1 is 1.26 bits per heavy atom. The van der Waals surface area contributed by atoms with E-state index in [-0.39, 0.29) is 11.2 Å². The van der Waals surface area contributed by atoms with E-state index in [1.54, 1.807) is 11.8 Å². The van der Waals surface area contributed by atoms with Gasteiger partial charge in [-0.1, -0.05) is 29.8 Å². The number of anilines is 1. The standard InChI is InChI=1S/C14H15N3OS/c1-8-3-5-10(6-4-8)13-12-9(2)16-17-14(12)15-11(18)7-19-13/h3-6,13H,7H2,1-2H3,(H2,15,16,17,18)/t13-/m1/s1. The molecule has 2 N–H and O–H groups in total. The number of thioether (sulfide) groups is 1. The molecule has 19 heavy (non-hydrogen) atoms. The second kappa shape index (κ2) is 4.74. The highest BCUT2D eigenvalue weighted by Gasteiger charge is 2.27. The molecule has 0 spiro atoms. The first-order chi connectivity index (χ1) is 9.15. The van der Waals surface area contributed by atoms with Crippen molar-refractivity contribution in [3.8, 4) is 0 Å². The molecular weight excluding hydrogens is 258 g/mol. The highest BCUT2D eigenvalue weighted by atomic mass is 32.2. The van der Waals surface area contributed by atoms with Crippen molar-refractivity contribution in [1.29, 1.82) is 0 Å². The summed E-state index contributed by atoms with van der Waals surface area (Å²) in [5, 5.41) is 10.1. The van der Waals surface area contributed by atoms with E-state index in [9.17, 15) is 4.79 Å². The maximum Gasteiger partial charge on any atom is 0.235 e. The average Bonchev–Trinajstić information content (AvgIpc) is 2.65. The number of amides is 1. The number of carbonyl (C=O) groups excluding carboxylic acids is 1. The predicted octanol–water partition coefficient (Wildman–Crippen LogP) is 2.80. The molecule has 0 fully saturated rings. The van der Waals surface area contributed by atoms with Gasteiger partial charge in [-0.3, -0.25) is 9.89 Å². The number of benzene rings is 1. The summed E-state index contributed by atoms with van der Waals surface area (Å²) in [6, 6.07) is 8.45. The van der Waals surface area contributed by atoms with Gasteiger partial charge in [-0.2, -0.15) is 5.10 Å². The molecule has 1 aliphatic rings. The topological polar surface area (TPSA) is 57.8 Å². The van der Waals surface area contributed by atoms with Gasteiger partial charge in [-0.25, -0.2) is 0 Å². The number of fused-ring (bicyclic) bond motifs is 1. The van der Waals surface area contributed by atoms with Gasteiger partial charge in [0.15, 0.2) is 5.82 Å². The van der Waals surface area contributed by atoms with Gasteiger partial charge >= 0.3 is 0 Å². The number of carbonyl (C=O) groups is 1. The van der Waals surface area contributed by atoms with Crippen LogP contribution in [-0.2, 0) is 4.79 Å². The first kappa shape index (κ1) is 12.3. The molecule has 0 saturated heterocycles. The molecule has 3 rings (SSSR count). The minimum atomic E-state index is 0.00682. The van der Waals surface area contributed by atoms with Gasteiger partial charge in [-0.05, 0) is 19.4 Å². The number of rotatable bonds is 1. The van der Waals surface area contributed by atoms with Crippen molar-refractivity contribution < 1.29 is 4.79 Å². The van der Waals surface area contributed by atoms with Gasteiger partial charge in [-0.15, -0.1) is 11.8 Å². The second-order valence-corrected chi connectivity index (χ2v) is 5.85. The van der Waals surface area contributed by atoms with Crippen LogP contribution >= 0.6 is 11.8 Å². The maximum atomic E-state index is 11.7. The summed E-state index contributed by atoms with van der Waals surface area (Å²) in [6.45, 7) is 4.06. The number of nitrogens with one attached hydrogen (secondary N) is 2. The van der Waals surface area contributed by atoms with Crippen molar-refractivity contribution >= 4 is 23.5 Å². The summed E-state index contributed by atoms with van der Waals surface area (Å²) in [7, 11) is 0. The normalized spacial score (nSPS) is 18.6. The van der Waals surface area contributed by atoms with Crippen LogP contribution in [0.1, 0.15) is 27.6 Å². The fraction of sp³-hybridized carbons (Fsp3) is 0.286. The van der Waals surface area contributed by atoms with Crippen LogP contribution in [0.3, 0.4) is 0 Å². The van der Waals surface area contributed by atoms with E-state index >= 15 is 0 Å². The van der Waals surface area contributed by atoms with Gasteiger partial charge in [0, 0.05) is 11.3 Å². The van der Waals surface area contributed by atoms with Crippen LogP contribution in [0.5, 0.6) is 0 Å². The van der Waals surface area contributed by atoms with E-state index in [4.69, 9.17) is 0 Å². The van der Waals surface area contributed by atoms with Gasteiger partial charge in [0.25, 0.3) is 0 Å². The summed E-state index contributed by atoms with van der Waals surface area (Å²) in [4.78, 5) is 11.7. The van der Waals surface area contributed by atoms with Crippen molar-refractivity contribution in [2.75, 3.05) is 11.1 Å². The van der Waals surface area contributed by atoms with E-state index in [1.165, 1.54) is 11.1 Å². The average molecular weight is 273 g/mol. The Bertz CT molecular complexity index is 618. The Kier molecular flexibility index (Phi) is 3.06. The number of H-pyrrole nitrogens is 1. The molecule has 98 valence electrons. The molecule has 0 bridgehead atoms. The second-order valence-electron chi connectivity index (χ2n) is 4.76. The van der Waals surface area contributed by atoms with Crippen molar-refractivity contribution in [1.82, 2.24) is 10.2 Å². The zero-order valence-corrected chi connectivity index (χ0v) is 11.7. The van der Waals surface area contributed by atoms with E-state index in [2.05, 4.69) is 46.7 Å². The Hall–Kier alpha value is -1.75. The van der Waals surface area contributed by atoms with Crippen LogP contribution in [0.25, 0.3) is 0 Å². The van der Waals surface area contributed by atoms with Crippen LogP contribution in [0.15, 0.2) is 24.3 Å². The number of hydrogen-bond donors (Lipinski definition) is 2. The molecule has 4 nitrogen and oxygen atoms in total. The molecule has 0 unspecified atom stereocenters. The molecule has 0 saturated carbocycles. The molecular formula is C14H15N3OS. The summed E-state index contributed by atoms with van der Waals surface area (Å²) in [5.74, 6) is 1.12. The predicted molar refractivity (Wildman–Crippen MR) is 77.4 cm³/mol. The number of hydrogen-bond acceptors (Lipinski definition) is 3. The Labute approximate surface area is 116 Å². The van der Waals surface area contributed by atoms with Gasteiger partial charge in [0.2, 0.25) is 5.91 Å². The third-order valence-corrected chi connectivity index (χ3v) is 4.55.